The van der Waals surface area contributed by atoms with E-state index in [2.05, 4.69) is 19.2 Å². The summed E-state index contributed by atoms with van der Waals surface area (Å²) in [5, 5.41) is 13.7. The molecule has 0 spiro atoms. The number of nitrogens with one attached hydrogen (secondary N) is 1. The molecule has 1 amide bonds. The van der Waals surface area contributed by atoms with Crippen molar-refractivity contribution in [1.82, 2.24) is 9.88 Å². The van der Waals surface area contributed by atoms with E-state index in [9.17, 15) is 9.90 Å². The Morgan fingerprint density at radius 2 is 1.91 bits per heavy atom. The first-order valence-corrected chi connectivity index (χ1v) is 8.21. The van der Waals surface area contributed by atoms with E-state index in [-0.39, 0.29) is 17.4 Å². The van der Waals surface area contributed by atoms with Crippen LogP contribution in [0.15, 0.2) is 48.7 Å². The number of nitrogens with zero attached hydrogens (tertiary/aromatic N) is 1. The maximum atomic E-state index is 12.5. The zero-order valence-electron chi connectivity index (χ0n) is 13.7. The van der Waals surface area contributed by atoms with Crippen LogP contribution in [0.2, 0.25) is 0 Å². The lowest BCUT2D eigenvalue weighted by atomic mass is 9.92. The van der Waals surface area contributed by atoms with Crippen LogP contribution in [-0.4, -0.2) is 22.1 Å². The van der Waals surface area contributed by atoms with Crippen LogP contribution in [-0.2, 0) is 0 Å². The van der Waals surface area contributed by atoms with Gasteiger partial charge in [-0.25, -0.2) is 0 Å². The zero-order chi connectivity index (χ0) is 16.4. The zero-order valence-corrected chi connectivity index (χ0v) is 13.7. The normalized spacial score (nSPS) is 17.0. The number of benzene rings is 1. The summed E-state index contributed by atoms with van der Waals surface area (Å²) >= 11 is 0. The fraction of sp³-hybridized carbons (Fsp3) is 0.421. The molecule has 1 aliphatic rings. The Balaban J connectivity index is 1.66. The number of carbonyl (C=O) groups excluding carboxylic acids is 1. The van der Waals surface area contributed by atoms with Crippen LogP contribution < -0.4 is 5.32 Å². The minimum absolute atomic E-state index is 0.0739. The Kier molecular flexibility index (Phi) is 4.26. The smallest absolute Gasteiger partial charge is 0.267 e. The van der Waals surface area contributed by atoms with Gasteiger partial charge in [-0.05, 0) is 44.4 Å². The topological polar surface area (TPSA) is 54.3 Å². The standard InChI is InChI=1S/C19H24N2O2/c1-14(2)21-12-6-9-16(21)18(23)20-13-19(10-11-19)17(22)15-7-4-3-5-8-15/h3-9,12,14,17,22H,10-11,13H2,1-2H3,(H,20,23). The average Bonchev–Trinajstić information content (AvgIpc) is 3.18. The summed E-state index contributed by atoms with van der Waals surface area (Å²) in [5.74, 6) is -0.0739. The van der Waals surface area contributed by atoms with E-state index in [0.29, 0.717) is 12.2 Å². The summed E-state index contributed by atoms with van der Waals surface area (Å²) in [6, 6.07) is 13.7. The van der Waals surface area contributed by atoms with Crippen LogP contribution in [0.4, 0.5) is 0 Å². The average molecular weight is 312 g/mol. The second kappa shape index (κ2) is 6.20. The molecule has 0 radical (unpaired) electrons. The number of aliphatic hydroxyl groups excluding tert-OH is 1. The first kappa shape index (κ1) is 15.8. The summed E-state index contributed by atoms with van der Waals surface area (Å²) in [6.45, 7) is 4.61. The van der Waals surface area contributed by atoms with Crippen molar-refractivity contribution >= 4 is 5.91 Å². The van der Waals surface area contributed by atoms with Gasteiger partial charge < -0.3 is 15.0 Å². The van der Waals surface area contributed by atoms with Crippen molar-refractivity contribution in [3.05, 3.63) is 59.9 Å². The van der Waals surface area contributed by atoms with Crippen molar-refractivity contribution in [3.63, 3.8) is 0 Å². The molecule has 0 bridgehead atoms. The van der Waals surface area contributed by atoms with Crippen LogP contribution in [0, 0.1) is 5.41 Å². The number of rotatable bonds is 6. The molecular formula is C19H24N2O2. The predicted molar refractivity (Wildman–Crippen MR) is 90.2 cm³/mol. The highest BCUT2D eigenvalue weighted by Gasteiger charge is 2.49. The van der Waals surface area contributed by atoms with Gasteiger partial charge in [-0.15, -0.1) is 0 Å². The molecule has 1 aromatic carbocycles. The minimum Gasteiger partial charge on any atom is -0.388 e. The third-order valence-electron chi connectivity index (χ3n) is 4.76. The van der Waals surface area contributed by atoms with E-state index in [1.54, 1.807) is 0 Å². The lowest BCUT2D eigenvalue weighted by molar-refractivity contribution is 0.0801. The molecule has 1 unspecified atom stereocenters. The molecule has 1 aromatic heterocycles. The van der Waals surface area contributed by atoms with Gasteiger partial charge in [0, 0.05) is 24.2 Å². The third kappa shape index (κ3) is 3.17. The number of hydrogen-bond donors (Lipinski definition) is 2. The second-order valence-electron chi connectivity index (χ2n) is 6.75. The molecule has 4 nitrogen and oxygen atoms in total. The lowest BCUT2D eigenvalue weighted by Crippen LogP contribution is -2.34. The highest BCUT2D eigenvalue weighted by Crippen LogP contribution is 2.54. The number of hydrogen-bond acceptors (Lipinski definition) is 2. The molecule has 4 heteroatoms. The Bertz CT molecular complexity index is 672. The summed E-state index contributed by atoms with van der Waals surface area (Å²) in [5.41, 5.74) is 1.38. The molecule has 0 saturated heterocycles. The summed E-state index contributed by atoms with van der Waals surface area (Å²) in [7, 11) is 0. The minimum atomic E-state index is -0.527. The molecule has 23 heavy (non-hydrogen) atoms. The number of aromatic nitrogens is 1. The Labute approximate surface area is 137 Å². The van der Waals surface area contributed by atoms with Gasteiger partial charge in [0.1, 0.15) is 5.69 Å². The largest absolute Gasteiger partial charge is 0.388 e. The molecule has 1 heterocycles. The van der Waals surface area contributed by atoms with E-state index in [0.717, 1.165) is 18.4 Å². The Hall–Kier alpha value is -2.07. The van der Waals surface area contributed by atoms with E-state index < -0.39 is 6.10 Å². The molecule has 0 aliphatic heterocycles. The maximum absolute atomic E-state index is 12.5. The first-order valence-electron chi connectivity index (χ1n) is 8.21. The highest BCUT2D eigenvalue weighted by molar-refractivity contribution is 5.92. The molecule has 2 aromatic rings. The van der Waals surface area contributed by atoms with Gasteiger partial charge in [0.2, 0.25) is 0 Å². The van der Waals surface area contributed by atoms with Gasteiger partial charge in [0.25, 0.3) is 5.91 Å². The molecule has 3 rings (SSSR count). The van der Waals surface area contributed by atoms with Gasteiger partial charge in [0.15, 0.2) is 0 Å². The van der Waals surface area contributed by atoms with Crippen molar-refractivity contribution in [2.24, 2.45) is 5.41 Å². The van der Waals surface area contributed by atoms with E-state index in [1.807, 2.05) is 53.2 Å². The molecule has 1 fully saturated rings. The van der Waals surface area contributed by atoms with Crippen LogP contribution in [0.5, 0.6) is 0 Å². The van der Waals surface area contributed by atoms with Crippen molar-refractivity contribution in [3.8, 4) is 0 Å². The van der Waals surface area contributed by atoms with E-state index in [4.69, 9.17) is 0 Å². The van der Waals surface area contributed by atoms with Crippen LogP contribution in [0.25, 0.3) is 0 Å². The number of aliphatic hydroxyl groups is 1. The van der Waals surface area contributed by atoms with Crippen LogP contribution in [0.1, 0.15) is 54.9 Å². The number of amides is 1. The van der Waals surface area contributed by atoms with E-state index >= 15 is 0 Å². The van der Waals surface area contributed by atoms with Gasteiger partial charge in [-0.1, -0.05) is 30.3 Å². The van der Waals surface area contributed by atoms with Crippen molar-refractivity contribution < 1.29 is 9.90 Å². The SMILES string of the molecule is CC(C)n1cccc1C(=O)NCC1(C(O)c2ccccc2)CC1. The monoisotopic (exact) mass is 312 g/mol. The molecule has 122 valence electrons. The molecular weight excluding hydrogens is 288 g/mol. The molecule has 1 aliphatic carbocycles. The molecule has 1 saturated carbocycles. The van der Waals surface area contributed by atoms with Gasteiger partial charge in [-0.2, -0.15) is 0 Å². The maximum Gasteiger partial charge on any atom is 0.267 e. The summed E-state index contributed by atoms with van der Waals surface area (Å²) in [4.78, 5) is 12.5. The number of carbonyl (C=O) groups is 1. The van der Waals surface area contributed by atoms with Gasteiger partial charge >= 0.3 is 0 Å². The van der Waals surface area contributed by atoms with Crippen LogP contribution in [0.3, 0.4) is 0 Å². The summed E-state index contributed by atoms with van der Waals surface area (Å²) in [6.07, 6.45) is 3.27. The first-order chi connectivity index (χ1) is 11.0. The molecule has 1 atom stereocenters. The van der Waals surface area contributed by atoms with Crippen molar-refractivity contribution in [1.29, 1.82) is 0 Å². The lowest BCUT2D eigenvalue weighted by Gasteiger charge is -2.23. The fourth-order valence-electron chi connectivity index (χ4n) is 3.08. The van der Waals surface area contributed by atoms with Crippen molar-refractivity contribution in [2.45, 2.75) is 38.8 Å². The predicted octanol–water partition coefficient (Wildman–Crippen LogP) is 3.31. The third-order valence-corrected chi connectivity index (χ3v) is 4.76. The van der Waals surface area contributed by atoms with Crippen molar-refractivity contribution in [2.75, 3.05) is 6.54 Å². The second-order valence-corrected chi connectivity index (χ2v) is 6.75. The highest BCUT2D eigenvalue weighted by atomic mass is 16.3. The quantitative estimate of drug-likeness (QED) is 0.860. The van der Waals surface area contributed by atoms with Gasteiger partial charge in [0.05, 0.1) is 6.10 Å². The van der Waals surface area contributed by atoms with Crippen LogP contribution >= 0.6 is 0 Å². The Morgan fingerprint density at radius 3 is 2.52 bits per heavy atom. The Morgan fingerprint density at radius 1 is 1.22 bits per heavy atom. The summed E-state index contributed by atoms with van der Waals surface area (Å²) < 4.78 is 1.96. The molecule has 2 N–H and O–H groups in total. The fourth-order valence-corrected chi connectivity index (χ4v) is 3.08. The van der Waals surface area contributed by atoms with E-state index in [1.165, 1.54) is 0 Å². The van der Waals surface area contributed by atoms with Gasteiger partial charge in [-0.3, -0.25) is 4.79 Å².